The number of fused-ring (bicyclic) bond motifs is 2. The van der Waals surface area contributed by atoms with E-state index in [-0.39, 0.29) is 30.2 Å². The number of carbonyl (C=O) groups excluding carboxylic acids is 3. The minimum atomic E-state index is -0.969. The van der Waals surface area contributed by atoms with Gasteiger partial charge in [0, 0.05) is 30.1 Å². The van der Waals surface area contributed by atoms with E-state index in [4.69, 9.17) is 4.74 Å². The fourth-order valence-electron chi connectivity index (χ4n) is 7.55. The van der Waals surface area contributed by atoms with Crippen LogP contribution in [0.2, 0.25) is 0 Å². The molecule has 0 aliphatic carbocycles. The Kier molecular flexibility index (Phi) is 8.13. The van der Waals surface area contributed by atoms with Crippen molar-refractivity contribution < 1.29 is 24.2 Å². The van der Waals surface area contributed by atoms with Crippen molar-refractivity contribution in [1.29, 1.82) is 0 Å². The number of hydrogen-bond acceptors (Lipinski definition) is 6. The van der Waals surface area contributed by atoms with Crippen LogP contribution in [-0.2, 0) is 20.9 Å². The highest BCUT2D eigenvalue weighted by molar-refractivity contribution is 8.02. The van der Waals surface area contributed by atoms with Crippen molar-refractivity contribution in [2.24, 2.45) is 17.8 Å². The van der Waals surface area contributed by atoms with Crippen LogP contribution < -0.4 is 9.64 Å². The molecular weight excluding hydrogens is 574 g/mol. The van der Waals surface area contributed by atoms with E-state index >= 15 is 0 Å². The molecular formula is C35H41N3O5S. The molecule has 0 bridgehead atoms. The first kappa shape index (κ1) is 30.5. The van der Waals surface area contributed by atoms with Crippen molar-refractivity contribution in [2.75, 3.05) is 31.2 Å². The number of nitrogens with zero attached hydrogens (tertiary/aromatic N) is 3. The average molecular weight is 616 g/mol. The van der Waals surface area contributed by atoms with Gasteiger partial charge in [-0.2, -0.15) is 0 Å². The molecule has 2 aromatic carbocycles. The molecule has 0 aromatic heterocycles. The molecule has 4 heterocycles. The molecule has 2 aromatic rings. The molecule has 6 rings (SSSR count). The molecule has 2 fully saturated rings. The van der Waals surface area contributed by atoms with Crippen molar-refractivity contribution in [1.82, 2.24) is 9.80 Å². The number of rotatable bonds is 8. The summed E-state index contributed by atoms with van der Waals surface area (Å²) in [5.41, 5.74) is 1.73. The average Bonchev–Trinajstić information content (AvgIpc) is 3.28. The minimum Gasteiger partial charge on any atom is -0.494 e. The Morgan fingerprint density at radius 3 is 2.30 bits per heavy atom. The number of carbonyl (C=O) groups is 3. The van der Waals surface area contributed by atoms with Crippen LogP contribution in [0.5, 0.6) is 5.75 Å². The highest BCUT2D eigenvalue weighted by Crippen LogP contribution is 2.66. The lowest BCUT2D eigenvalue weighted by Crippen LogP contribution is -2.57. The number of thioether (sulfide) groups is 1. The highest BCUT2D eigenvalue weighted by atomic mass is 32.2. The number of aliphatic hydroxyl groups excluding tert-OH is 1. The summed E-state index contributed by atoms with van der Waals surface area (Å²) in [5, 5.41) is 10.6. The van der Waals surface area contributed by atoms with Crippen molar-refractivity contribution in [2.45, 2.75) is 55.8 Å². The molecule has 2 saturated heterocycles. The number of ether oxygens (including phenoxy) is 1. The van der Waals surface area contributed by atoms with Gasteiger partial charge in [-0.05, 0) is 49.6 Å². The zero-order valence-electron chi connectivity index (χ0n) is 25.8. The van der Waals surface area contributed by atoms with Crippen molar-refractivity contribution in [3.63, 3.8) is 0 Å². The standard InChI is InChI=1S/C35H41N3O5S/c1-5-43-26-15-13-25(14-16-26)37-20-9-17-34(4)28(31(37)40)29-32(41)38(27(22-39)23(2)3)30-33(42)36(19-10-18-35(29,30)44-34)21-24-11-7-6-8-12-24/h6-18,23,27-30,39H,5,19-22H2,1-4H3/t27-,28+,29-,30?,34-,35-/m0/s1. The Balaban J connectivity index is 1.44. The summed E-state index contributed by atoms with van der Waals surface area (Å²) in [4.78, 5) is 49.3. The van der Waals surface area contributed by atoms with Gasteiger partial charge in [0.25, 0.3) is 0 Å². The Morgan fingerprint density at radius 2 is 1.64 bits per heavy atom. The first-order chi connectivity index (χ1) is 21.1. The van der Waals surface area contributed by atoms with Crippen LogP contribution in [0.15, 0.2) is 78.9 Å². The first-order valence-corrected chi connectivity index (χ1v) is 16.3. The van der Waals surface area contributed by atoms with E-state index in [0.29, 0.717) is 26.2 Å². The van der Waals surface area contributed by atoms with Crippen molar-refractivity contribution >= 4 is 35.2 Å². The van der Waals surface area contributed by atoms with Gasteiger partial charge in [0.1, 0.15) is 11.8 Å². The second-order valence-corrected chi connectivity index (χ2v) is 14.4. The summed E-state index contributed by atoms with van der Waals surface area (Å²) in [6.45, 7) is 9.33. The van der Waals surface area contributed by atoms with E-state index in [1.54, 1.807) is 26.5 Å². The van der Waals surface area contributed by atoms with Gasteiger partial charge in [0.05, 0.1) is 35.8 Å². The molecule has 1 unspecified atom stereocenters. The normalized spacial score (nSPS) is 30.3. The quantitative estimate of drug-likeness (QED) is 0.446. The van der Waals surface area contributed by atoms with Gasteiger partial charge >= 0.3 is 0 Å². The third-order valence-electron chi connectivity index (χ3n) is 9.57. The number of anilines is 1. The third-order valence-corrected chi connectivity index (χ3v) is 11.4. The second kappa shape index (κ2) is 11.7. The number of amides is 3. The summed E-state index contributed by atoms with van der Waals surface area (Å²) in [6.07, 6.45) is 8.09. The van der Waals surface area contributed by atoms with Crippen LogP contribution >= 0.6 is 11.8 Å². The highest BCUT2D eigenvalue weighted by Gasteiger charge is 2.74. The number of benzene rings is 2. The van der Waals surface area contributed by atoms with Crippen LogP contribution in [0, 0.1) is 17.8 Å². The van der Waals surface area contributed by atoms with Gasteiger partial charge < -0.3 is 24.5 Å². The van der Waals surface area contributed by atoms with E-state index in [2.05, 4.69) is 6.08 Å². The minimum absolute atomic E-state index is 0.0936. The zero-order chi connectivity index (χ0) is 31.2. The molecule has 1 N–H and O–H groups in total. The fraction of sp³-hybridized carbons (Fsp3) is 0.457. The summed E-state index contributed by atoms with van der Waals surface area (Å²) < 4.78 is 3.93. The lowest BCUT2D eigenvalue weighted by atomic mass is 9.74. The molecule has 0 saturated carbocycles. The van der Waals surface area contributed by atoms with Gasteiger partial charge in [-0.1, -0.05) is 68.5 Å². The topological polar surface area (TPSA) is 90.4 Å². The molecule has 1 spiro atoms. The van der Waals surface area contributed by atoms with E-state index in [1.165, 1.54) is 0 Å². The second-order valence-electron chi connectivity index (χ2n) is 12.6. The van der Waals surface area contributed by atoms with E-state index in [1.807, 2.05) is 101 Å². The van der Waals surface area contributed by atoms with Crippen LogP contribution in [-0.4, -0.2) is 80.5 Å². The molecule has 9 heteroatoms. The van der Waals surface area contributed by atoms with Crippen LogP contribution in [0.25, 0.3) is 0 Å². The Labute approximate surface area is 263 Å². The van der Waals surface area contributed by atoms with E-state index < -0.39 is 33.4 Å². The lowest BCUT2D eigenvalue weighted by molar-refractivity contribution is -0.147. The van der Waals surface area contributed by atoms with Crippen molar-refractivity contribution in [3.8, 4) is 5.75 Å². The maximum Gasteiger partial charge on any atom is 0.247 e. The van der Waals surface area contributed by atoms with Gasteiger partial charge in [-0.3, -0.25) is 14.4 Å². The molecule has 44 heavy (non-hydrogen) atoms. The predicted molar refractivity (Wildman–Crippen MR) is 172 cm³/mol. The first-order valence-electron chi connectivity index (χ1n) is 15.5. The SMILES string of the molecule is CCOc1ccc(N2CC=C[C@]3(C)S[C@]45C=CCN(Cc6ccccc6)C(=O)C4N([C@@H](CO)C(C)C)C(=O)[C@@H]5[C@@H]3C2=O)cc1. The molecule has 4 aliphatic rings. The summed E-state index contributed by atoms with van der Waals surface area (Å²) >= 11 is 1.56. The third kappa shape index (κ3) is 4.85. The smallest absolute Gasteiger partial charge is 0.247 e. The Morgan fingerprint density at radius 1 is 0.932 bits per heavy atom. The molecule has 4 aliphatic heterocycles. The van der Waals surface area contributed by atoms with Crippen LogP contribution in [0.4, 0.5) is 5.69 Å². The summed E-state index contributed by atoms with van der Waals surface area (Å²) in [6, 6.07) is 15.9. The predicted octanol–water partition coefficient (Wildman–Crippen LogP) is 4.29. The molecule has 232 valence electrons. The number of likely N-dealkylation sites (tertiary alicyclic amines) is 1. The molecule has 0 radical (unpaired) electrons. The lowest BCUT2D eigenvalue weighted by Gasteiger charge is -2.41. The van der Waals surface area contributed by atoms with Gasteiger partial charge in [-0.25, -0.2) is 0 Å². The molecule has 6 atom stereocenters. The van der Waals surface area contributed by atoms with E-state index in [0.717, 1.165) is 17.0 Å². The van der Waals surface area contributed by atoms with Crippen LogP contribution in [0.1, 0.15) is 33.3 Å². The summed E-state index contributed by atoms with van der Waals surface area (Å²) in [7, 11) is 0. The number of aliphatic hydroxyl groups is 1. The summed E-state index contributed by atoms with van der Waals surface area (Å²) in [5.74, 6) is -1.37. The zero-order valence-corrected chi connectivity index (χ0v) is 26.6. The van der Waals surface area contributed by atoms with Gasteiger partial charge in [0.2, 0.25) is 17.7 Å². The Bertz CT molecular complexity index is 1480. The van der Waals surface area contributed by atoms with Gasteiger partial charge in [-0.15, -0.1) is 11.8 Å². The molecule has 8 nitrogen and oxygen atoms in total. The molecule has 3 amide bonds. The maximum atomic E-state index is 14.8. The van der Waals surface area contributed by atoms with E-state index in [9.17, 15) is 19.5 Å². The van der Waals surface area contributed by atoms with Crippen LogP contribution in [0.3, 0.4) is 0 Å². The van der Waals surface area contributed by atoms with Crippen molar-refractivity contribution in [3.05, 3.63) is 84.5 Å². The fourth-order valence-corrected chi connectivity index (χ4v) is 9.70. The Hall–Kier alpha value is -3.56. The van der Waals surface area contributed by atoms with Gasteiger partial charge in [0.15, 0.2) is 0 Å². The maximum absolute atomic E-state index is 14.8. The number of hydrogen-bond donors (Lipinski definition) is 1. The largest absolute Gasteiger partial charge is 0.494 e. The monoisotopic (exact) mass is 615 g/mol.